The number of hydrogen-bond donors (Lipinski definition) is 1. The van der Waals surface area contributed by atoms with E-state index in [9.17, 15) is 9.90 Å². The molecule has 0 bridgehead atoms. The summed E-state index contributed by atoms with van der Waals surface area (Å²) in [4.78, 5) is 12.2. The summed E-state index contributed by atoms with van der Waals surface area (Å²) < 4.78 is 0. The molecule has 0 heterocycles. The van der Waals surface area contributed by atoms with Gasteiger partial charge in [0, 0.05) is 6.42 Å². The second-order valence-electron chi connectivity index (χ2n) is 14.3. The van der Waals surface area contributed by atoms with E-state index in [-0.39, 0.29) is 5.78 Å². The van der Waals surface area contributed by atoms with Crippen molar-refractivity contribution in [3.05, 3.63) is 71.8 Å². The van der Waals surface area contributed by atoms with Crippen LogP contribution >= 0.6 is 0 Å². The third kappa shape index (κ3) is 11.5. The SMILES string of the molecule is CC(C)[Si](C#CC(=O)CCc1ccccc1)(C(C)C)C(C)C.CC(C)[Si](C#C[C@@H](O)CCc1ccccc1)(C(C)C)C(C)C. The molecule has 0 fully saturated rings. The van der Waals surface area contributed by atoms with Gasteiger partial charge in [-0.3, -0.25) is 4.79 Å². The van der Waals surface area contributed by atoms with Crippen molar-refractivity contribution in [3.8, 4) is 22.9 Å². The molecule has 44 heavy (non-hydrogen) atoms. The molecule has 2 rings (SSSR count). The first-order chi connectivity index (χ1) is 20.6. The number of benzene rings is 2. The minimum absolute atomic E-state index is 0.0858. The molecule has 0 aliphatic rings. The van der Waals surface area contributed by atoms with Gasteiger partial charge < -0.3 is 5.11 Å². The first-order valence-electron chi connectivity index (χ1n) is 17.0. The monoisotopic (exact) mass is 630 g/mol. The predicted octanol–water partition coefficient (Wildman–Crippen LogP) is 10.6. The maximum absolute atomic E-state index is 12.2. The first-order valence-corrected chi connectivity index (χ1v) is 21.4. The van der Waals surface area contributed by atoms with Gasteiger partial charge in [0.15, 0.2) is 0 Å². The van der Waals surface area contributed by atoms with Crippen molar-refractivity contribution in [2.45, 2.75) is 148 Å². The lowest BCUT2D eigenvalue weighted by molar-refractivity contribution is -0.113. The Hall–Kier alpha value is -2.38. The molecule has 0 amide bonds. The topological polar surface area (TPSA) is 37.3 Å². The number of aliphatic hydroxyl groups excluding tert-OH is 1. The van der Waals surface area contributed by atoms with Gasteiger partial charge in [0.2, 0.25) is 5.78 Å². The molecule has 0 spiro atoms. The third-order valence-electron chi connectivity index (χ3n) is 9.64. The van der Waals surface area contributed by atoms with Crippen LogP contribution in [0.25, 0.3) is 0 Å². The molecule has 242 valence electrons. The van der Waals surface area contributed by atoms with Crippen LogP contribution < -0.4 is 0 Å². The molecule has 2 nitrogen and oxygen atoms in total. The van der Waals surface area contributed by atoms with Crippen molar-refractivity contribution < 1.29 is 9.90 Å². The molecular weight excluding hydrogens is 569 g/mol. The maximum Gasteiger partial charge on any atom is 0.205 e. The number of aryl methyl sites for hydroxylation is 2. The van der Waals surface area contributed by atoms with Gasteiger partial charge >= 0.3 is 0 Å². The standard InChI is InChI=1S/C20H32OSi.C20H30OSi/c2*1-16(2)22(17(3)4,18(5)6)15-14-20(21)13-12-19-10-8-7-9-11-19/h7-11,16-18,20-21H,12-13H2,1-6H3;7-11,16-18H,12-13H2,1-6H3/t20-;/m0./s1. The van der Waals surface area contributed by atoms with E-state index in [4.69, 9.17) is 0 Å². The molecule has 2 aromatic carbocycles. The zero-order valence-corrected chi connectivity index (χ0v) is 32.0. The molecule has 2 aromatic rings. The predicted molar refractivity (Wildman–Crippen MR) is 198 cm³/mol. The highest BCUT2D eigenvalue weighted by atomic mass is 28.3. The lowest BCUT2D eigenvalue weighted by atomic mass is 10.1. The van der Waals surface area contributed by atoms with Crippen LogP contribution in [0.2, 0.25) is 33.2 Å². The van der Waals surface area contributed by atoms with E-state index in [2.05, 4.69) is 130 Å². The van der Waals surface area contributed by atoms with Crippen molar-refractivity contribution in [1.29, 1.82) is 0 Å². The highest BCUT2D eigenvalue weighted by Gasteiger charge is 2.42. The van der Waals surface area contributed by atoms with Gasteiger partial charge in [0.05, 0.1) is 0 Å². The molecule has 0 aliphatic carbocycles. The first kappa shape index (κ1) is 39.6. The second-order valence-corrected chi connectivity index (χ2v) is 25.4. The van der Waals surface area contributed by atoms with E-state index >= 15 is 0 Å². The fraction of sp³-hybridized carbons (Fsp3) is 0.575. The fourth-order valence-corrected chi connectivity index (χ4v) is 17.7. The van der Waals surface area contributed by atoms with Gasteiger partial charge in [0.25, 0.3) is 0 Å². The number of aliphatic hydroxyl groups is 1. The van der Waals surface area contributed by atoms with Gasteiger partial charge in [-0.05, 0) is 69.6 Å². The largest absolute Gasteiger partial charge is 0.380 e. The van der Waals surface area contributed by atoms with Crippen LogP contribution in [0, 0.1) is 22.9 Å². The Bertz CT molecular complexity index is 1180. The minimum atomic E-state index is -1.78. The molecule has 1 atom stereocenters. The molecule has 0 saturated heterocycles. The van der Waals surface area contributed by atoms with Crippen molar-refractivity contribution in [1.82, 2.24) is 0 Å². The van der Waals surface area contributed by atoms with Crippen LogP contribution in [0.3, 0.4) is 0 Å². The van der Waals surface area contributed by atoms with Crippen molar-refractivity contribution in [2.24, 2.45) is 0 Å². The number of Topliss-reactive ketones (excluding diaryl/α,β-unsaturated/α-hetero) is 1. The highest BCUT2D eigenvalue weighted by Crippen LogP contribution is 2.41. The van der Waals surface area contributed by atoms with E-state index in [1.165, 1.54) is 11.1 Å². The number of ketones is 1. The van der Waals surface area contributed by atoms with E-state index in [1.54, 1.807) is 0 Å². The van der Waals surface area contributed by atoms with Gasteiger partial charge in [-0.15, -0.1) is 11.1 Å². The molecule has 0 aliphatic heterocycles. The summed E-state index contributed by atoms with van der Waals surface area (Å²) in [6, 6.07) is 20.5. The second kappa shape index (κ2) is 19.2. The van der Waals surface area contributed by atoms with E-state index in [0.717, 1.165) is 19.3 Å². The Morgan fingerprint density at radius 1 is 0.591 bits per heavy atom. The minimum Gasteiger partial charge on any atom is -0.380 e. The Balaban J connectivity index is 0.000000440. The molecule has 4 heteroatoms. The smallest absolute Gasteiger partial charge is 0.205 e. The van der Waals surface area contributed by atoms with Crippen molar-refractivity contribution in [3.63, 3.8) is 0 Å². The van der Waals surface area contributed by atoms with Crippen LogP contribution in [-0.4, -0.2) is 33.1 Å². The molecule has 0 unspecified atom stereocenters. The van der Waals surface area contributed by atoms with Crippen molar-refractivity contribution >= 4 is 21.9 Å². The number of hydrogen-bond acceptors (Lipinski definition) is 2. The molecular formula is C40H62O2Si2. The summed E-state index contributed by atoms with van der Waals surface area (Å²) in [5, 5.41) is 10.3. The molecule has 1 N–H and O–H groups in total. The van der Waals surface area contributed by atoms with Crippen molar-refractivity contribution in [2.75, 3.05) is 0 Å². The van der Waals surface area contributed by atoms with Crippen LogP contribution in [0.5, 0.6) is 0 Å². The Kier molecular flexibility index (Phi) is 17.3. The summed E-state index contributed by atoms with van der Waals surface area (Å²) in [6.07, 6.45) is 2.40. The van der Waals surface area contributed by atoms with E-state index in [0.29, 0.717) is 39.7 Å². The Morgan fingerprint density at radius 2 is 0.955 bits per heavy atom. The summed E-state index contributed by atoms with van der Waals surface area (Å²) in [5.74, 6) is 6.30. The lowest BCUT2D eigenvalue weighted by Gasteiger charge is -2.38. The summed E-state index contributed by atoms with van der Waals surface area (Å²) >= 11 is 0. The third-order valence-corrected chi connectivity index (χ3v) is 22.2. The van der Waals surface area contributed by atoms with Crippen LogP contribution in [0.4, 0.5) is 0 Å². The van der Waals surface area contributed by atoms with E-state index in [1.807, 2.05) is 36.4 Å². The summed E-state index contributed by atoms with van der Waals surface area (Å²) in [5.41, 5.74) is 13.1. The average Bonchev–Trinajstić information content (AvgIpc) is 2.96. The maximum atomic E-state index is 12.2. The quantitative estimate of drug-likeness (QED) is 0.187. The highest BCUT2D eigenvalue weighted by molar-refractivity contribution is 6.91. The molecule has 0 saturated carbocycles. The Morgan fingerprint density at radius 3 is 1.34 bits per heavy atom. The zero-order chi connectivity index (χ0) is 33.5. The number of rotatable bonds is 12. The fourth-order valence-electron chi connectivity index (χ4n) is 7.24. The molecule has 0 radical (unpaired) electrons. The summed E-state index contributed by atoms with van der Waals surface area (Å²) in [7, 11) is -3.50. The van der Waals surface area contributed by atoms with Crippen LogP contribution in [0.15, 0.2) is 60.7 Å². The van der Waals surface area contributed by atoms with Crippen LogP contribution in [-0.2, 0) is 17.6 Å². The van der Waals surface area contributed by atoms with Gasteiger partial charge in [-0.25, -0.2) is 0 Å². The lowest BCUT2D eigenvalue weighted by Crippen LogP contribution is -2.43. The Labute approximate surface area is 273 Å². The summed E-state index contributed by atoms with van der Waals surface area (Å²) in [6.45, 7) is 27.5. The average molecular weight is 631 g/mol. The molecule has 0 aromatic heterocycles. The normalized spacial score (nSPS) is 12.5. The van der Waals surface area contributed by atoms with Gasteiger partial charge in [0.1, 0.15) is 22.3 Å². The van der Waals surface area contributed by atoms with Crippen LogP contribution in [0.1, 0.15) is 107 Å². The van der Waals surface area contributed by atoms with Gasteiger partial charge in [-0.1, -0.05) is 150 Å². The number of carbonyl (C=O) groups excluding carboxylic acids is 1. The zero-order valence-electron chi connectivity index (χ0n) is 30.0. The number of carbonyl (C=O) groups is 1. The van der Waals surface area contributed by atoms with E-state index < -0.39 is 22.3 Å². The van der Waals surface area contributed by atoms with Gasteiger partial charge in [-0.2, -0.15) is 0 Å².